The number of rotatable bonds is 9. The van der Waals surface area contributed by atoms with Crippen LogP contribution >= 0.6 is 11.6 Å². The molecule has 5 rings (SSSR count). The minimum atomic E-state index is -0.705. The van der Waals surface area contributed by atoms with Crippen molar-refractivity contribution in [3.8, 4) is 5.69 Å². The van der Waals surface area contributed by atoms with E-state index in [1.165, 1.54) is 24.3 Å². The number of hydrogen-bond acceptors (Lipinski definition) is 6. The van der Waals surface area contributed by atoms with Crippen molar-refractivity contribution in [3.05, 3.63) is 83.3 Å². The van der Waals surface area contributed by atoms with Gasteiger partial charge in [0, 0.05) is 23.1 Å². The average Bonchev–Trinajstić information content (AvgIpc) is 3.54. The molecule has 1 aliphatic rings. The predicted octanol–water partition coefficient (Wildman–Crippen LogP) is 4.34. The molecule has 1 amide bonds. The molecule has 0 bridgehead atoms. The fourth-order valence-electron chi connectivity index (χ4n) is 4.43. The molecule has 0 saturated carbocycles. The Morgan fingerprint density at radius 1 is 1.30 bits per heavy atom. The van der Waals surface area contributed by atoms with Crippen molar-refractivity contribution < 1.29 is 23.6 Å². The highest BCUT2D eigenvalue weighted by molar-refractivity contribution is 6.18. The highest BCUT2D eigenvalue weighted by Crippen LogP contribution is 2.37. The summed E-state index contributed by atoms with van der Waals surface area (Å²) in [5.41, 5.74) is 3.65. The highest BCUT2D eigenvalue weighted by Gasteiger charge is 2.40. The van der Waals surface area contributed by atoms with Gasteiger partial charge >= 0.3 is 0 Å². The number of hydrogen-bond donors (Lipinski definition) is 2. The highest BCUT2D eigenvalue weighted by atomic mass is 35.5. The smallest absolute Gasteiger partial charge is 0.247 e. The van der Waals surface area contributed by atoms with Gasteiger partial charge in [0.25, 0.3) is 0 Å². The second-order valence-corrected chi connectivity index (χ2v) is 9.67. The van der Waals surface area contributed by atoms with Crippen LogP contribution in [0.1, 0.15) is 29.3 Å². The van der Waals surface area contributed by atoms with Gasteiger partial charge in [-0.15, -0.1) is 11.6 Å². The molecule has 1 unspecified atom stereocenters. The number of aliphatic hydroxyl groups excluding tert-OH is 1. The van der Waals surface area contributed by atoms with E-state index in [0.717, 1.165) is 22.3 Å². The quantitative estimate of drug-likeness (QED) is 0.249. The first-order valence-electron chi connectivity index (χ1n) is 11.8. The summed E-state index contributed by atoms with van der Waals surface area (Å²) < 4.78 is 26.2. The number of aliphatic hydroxyl groups is 1. The van der Waals surface area contributed by atoms with Crippen molar-refractivity contribution in [1.29, 1.82) is 0 Å². The van der Waals surface area contributed by atoms with E-state index in [2.05, 4.69) is 15.5 Å². The number of carbonyl (C=O) groups excluding carboxylic acids is 1. The number of alkyl halides is 1. The lowest BCUT2D eigenvalue weighted by atomic mass is 9.80. The average molecular weight is 525 g/mol. The number of aryl methyl sites for hydroxylation is 1. The van der Waals surface area contributed by atoms with Gasteiger partial charge in [0.15, 0.2) is 5.58 Å². The van der Waals surface area contributed by atoms with Crippen molar-refractivity contribution in [2.24, 2.45) is 5.41 Å². The van der Waals surface area contributed by atoms with Crippen LogP contribution in [0, 0.1) is 18.2 Å². The van der Waals surface area contributed by atoms with E-state index in [1.54, 1.807) is 18.6 Å². The van der Waals surface area contributed by atoms with E-state index in [1.807, 2.05) is 29.8 Å². The third kappa shape index (κ3) is 5.16. The summed E-state index contributed by atoms with van der Waals surface area (Å²) in [5.74, 6) is -0.423. The van der Waals surface area contributed by atoms with Crippen molar-refractivity contribution in [3.63, 3.8) is 0 Å². The molecule has 1 fully saturated rings. The number of imidazole rings is 1. The Morgan fingerprint density at radius 2 is 2.08 bits per heavy atom. The van der Waals surface area contributed by atoms with E-state index in [4.69, 9.17) is 20.9 Å². The number of nitrogens with one attached hydrogen (secondary N) is 1. The molecule has 192 valence electrons. The van der Waals surface area contributed by atoms with Crippen molar-refractivity contribution in [2.75, 3.05) is 25.7 Å². The maximum Gasteiger partial charge on any atom is 0.247 e. The Hall–Kier alpha value is -3.53. The van der Waals surface area contributed by atoms with E-state index in [9.17, 15) is 14.3 Å². The monoisotopic (exact) mass is 524 g/mol. The molecule has 2 aromatic heterocycles. The molecule has 37 heavy (non-hydrogen) atoms. The van der Waals surface area contributed by atoms with Crippen molar-refractivity contribution in [1.82, 2.24) is 20.0 Å². The number of halogens is 2. The van der Waals surface area contributed by atoms with Crippen LogP contribution < -0.4 is 5.32 Å². The molecule has 0 radical (unpaired) electrons. The molecule has 2 N–H and O–H groups in total. The molecule has 1 saturated heterocycles. The fraction of sp³-hybridized carbons (Fsp3) is 0.296. The van der Waals surface area contributed by atoms with Gasteiger partial charge in [-0.05, 0) is 48.7 Å². The Kier molecular flexibility index (Phi) is 7.10. The van der Waals surface area contributed by atoms with E-state index >= 15 is 0 Å². The topological polar surface area (TPSA) is 102 Å². The van der Waals surface area contributed by atoms with E-state index in [-0.39, 0.29) is 17.9 Å². The summed E-state index contributed by atoms with van der Waals surface area (Å²) in [4.78, 5) is 17.8. The number of benzene rings is 2. The minimum absolute atomic E-state index is 0.334. The van der Waals surface area contributed by atoms with Gasteiger partial charge in [-0.2, -0.15) is 0 Å². The van der Waals surface area contributed by atoms with Crippen LogP contribution in [0.5, 0.6) is 0 Å². The lowest BCUT2D eigenvalue weighted by Crippen LogP contribution is -2.45. The Morgan fingerprint density at radius 3 is 2.70 bits per heavy atom. The third-order valence-electron chi connectivity index (χ3n) is 6.57. The fourth-order valence-corrected chi connectivity index (χ4v) is 4.68. The maximum absolute atomic E-state index is 13.6. The molecule has 1 atom stereocenters. The molecular weight excluding hydrogens is 499 g/mol. The summed E-state index contributed by atoms with van der Waals surface area (Å²) in [6.07, 6.45) is 7.37. The van der Waals surface area contributed by atoms with E-state index in [0.29, 0.717) is 42.2 Å². The van der Waals surface area contributed by atoms with Crippen LogP contribution in [0.4, 0.5) is 4.39 Å². The zero-order valence-electron chi connectivity index (χ0n) is 20.2. The summed E-state index contributed by atoms with van der Waals surface area (Å²) in [6, 6.07) is 8.74. The van der Waals surface area contributed by atoms with Crippen LogP contribution in [0.2, 0.25) is 0 Å². The van der Waals surface area contributed by atoms with Crippen LogP contribution in [0.15, 0.2) is 65.2 Å². The molecule has 10 heteroatoms. The van der Waals surface area contributed by atoms with E-state index < -0.39 is 11.9 Å². The minimum Gasteiger partial charge on any atom is -0.394 e. The summed E-state index contributed by atoms with van der Waals surface area (Å²) >= 11 is 6.28. The number of carbonyl (C=O) groups is 1. The first-order valence-corrected chi connectivity index (χ1v) is 12.3. The lowest BCUT2D eigenvalue weighted by Gasteiger charge is -2.40. The summed E-state index contributed by atoms with van der Waals surface area (Å²) in [6.45, 7) is 2.45. The molecule has 2 aromatic carbocycles. The largest absolute Gasteiger partial charge is 0.394 e. The van der Waals surface area contributed by atoms with Crippen LogP contribution in [0.3, 0.4) is 0 Å². The summed E-state index contributed by atoms with van der Waals surface area (Å²) in [5, 5.41) is 17.6. The van der Waals surface area contributed by atoms with Crippen LogP contribution in [-0.4, -0.2) is 51.4 Å². The number of amides is 1. The SMILES string of the molecule is Cc1cn(-c2ccc(C=C(CC3(CCl)COC3)C(=O)NC(CO)c3ccc(F)cc3)c3cnoc23)cn1. The number of ether oxygens (including phenoxy) is 1. The second-order valence-electron chi connectivity index (χ2n) is 9.40. The Labute approximate surface area is 217 Å². The molecule has 8 nitrogen and oxygen atoms in total. The molecular formula is C27H26ClFN4O4. The lowest BCUT2D eigenvalue weighted by molar-refractivity contribution is -0.121. The van der Waals surface area contributed by atoms with Gasteiger partial charge < -0.3 is 24.3 Å². The zero-order chi connectivity index (χ0) is 26.0. The van der Waals surface area contributed by atoms with Crippen LogP contribution in [0.25, 0.3) is 22.7 Å². The zero-order valence-corrected chi connectivity index (χ0v) is 20.9. The third-order valence-corrected chi connectivity index (χ3v) is 7.14. The maximum atomic E-state index is 13.6. The number of nitrogens with zero attached hydrogens (tertiary/aromatic N) is 3. The number of fused-ring (bicyclic) bond motifs is 1. The van der Waals surface area contributed by atoms with Gasteiger partial charge in [0.2, 0.25) is 5.91 Å². The van der Waals surface area contributed by atoms with Gasteiger partial charge in [0.1, 0.15) is 5.82 Å². The Balaban J connectivity index is 1.51. The van der Waals surface area contributed by atoms with Gasteiger partial charge in [-0.25, -0.2) is 9.37 Å². The molecule has 4 aromatic rings. The van der Waals surface area contributed by atoms with Crippen LogP contribution in [-0.2, 0) is 9.53 Å². The molecule has 3 heterocycles. The van der Waals surface area contributed by atoms with Gasteiger partial charge in [-0.3, -0.25) is 4.79 Å². The van der Waals surface area contributed by atoms with Crippen molar-refractivity contribution >= 4 is 34.6 Å². The second kappa shape index (κ2) is 10.5. The number of aromatic nitrogens is 3. The van der Waals surface area contributed by atoms with Gasteiger partial charge in [0.05, 0.1) is 55.2 Å². The molecule has 1 aliphatic heterocycles. The van der Waals surface area contributed by atoms with Crippen molar-refractivity contribution in [2.45, 2.75) is 19.4 Å². The molecule has 0 spiro atoms. The summed E-state index contributed by atoms with van der Waals surface area (Å²) in [7, 11) is 0. The predicted molar refractivity (Wildman–Crippen MR) is 137 cm³/mol. The van der Waals surface area contributed by atoms with Gasteiger partial charge in [-0.1, -0.05) is 23.4 Å². The molecule has 0 aliphatic carbocycles. The Bertz CT molecular complexity index is 1440. The first-order chi connectivity index (χ1) is 17.9. The normalized spacial score (nSPS) is 15.9. The first kappa shape index (κ1) is 25.1. The standard InChI is InChI=1S/C27H26ClFN4O4/c1-17-11-33(16-30-17)24-7-4-19(22-10-31-37-25(22)24)8-20(9-27(13-28)14-36-15-27)26(35)32-23(12-34)18-2-5-21(29)6-3-18/h2-8,10-11,16,23,34H,9,12-15H2,1H3,(H,32,35).